The number of halogens is 2. The van der Waals surface area contributed by atoms with E-state index in [0.29, 0.717) is 17.9 Å². The van der Waals surface area contributed by atoms with Crippen LogP contribution in [0.25, 0.3) is 0 Å². The quantitative estimate of drug-likeness (QED) is 0.644. The van der Waals surface area contributed by atoms with E-state index in [-0.39, 0.29) is 18.0 Å². The number of nitrogens with two attached hydrogens (primary N) is 1. The third-order valence-electron chi connectivity index (χ3n) is 3.85. The summed E-state index contributed by atoms with van der Waals surface area (Å²) in [6.45, 7) is 2.88. The van der Waals surface area contributed by atoms with Gasteiger partial charge in [0.25, 0.3) is 0 Å². The summed E-state index contributed by atoms with van der Waals surface area (Å²) >= 11 is 3.27. The van der Waals surface area contributed by atoms with E-state index in [1.807, 2.05) is 6.07 Å². The molecule has 106 valence electrons. The Morgan fingerprint density at radius 2 is 2.37 bits per heavy atom. The van der Waals surface area contributed by atoms with Gasteiger partial charge in [0.2, 0.25) is 0 Å². The van der Waals surface area contributed by atoms with Gasteiger partial charge in [-0.05, 0) is 37.0 Å². The number of nitrogens with one attached hydrogen (secondary N) is 1. The molecule has 1 aromatic rings. The molecule has 1 aromatic carbocycles. The molecule has 0 radical (unpaired) electrons. The van der Waals surface area contributed by atoms with E-state index in [4.69, 9.17) is 10.6 Å². The van der Waals surface area contributed by atoms with Crippen molar-refractivity contribution in [3.63, 3.8) is 0 Å². The van der Waals surface area contributed by atoms with Crippen molar-refractivity contribution in [2.24, 2.45) is 11.8 Å². The van der Waals surface area contributed by atoms with Crippen molar-refractivity contribution in [3.8, 4) is 0 Å². The molecule has 3 nitrogen and oxygen atoms in total. The van der Waals surface area contributed by atoms with Gasteiger partial charge in [-0.2, -0.15) is 0 Å². The number of rotatable bonds is 5. The van der Waals surface area contributed by atoms with Crippen molar-refractivity contribution < 1.29 is 9.13 Å². The molecule has 1 saturated heterocycles. The molecular formula is C14H20BrFN2O. The van der Waals surface area contributed by atoms with Crippen LogP contribution in [-0.2, 0) is 11.2 Å². The maximum atomic E-state index is 13.9. The van der Waals surface area contributed by atoms with Gasteiger partial charge in [-0.15, -0.1) is 0 Å². The minimum Gasteiger partial charge on any atom is -0.378 e. The first kappa shape index (κ1) is 14.9. The Kier molecular flexibility index (Phi) is 5.33. The van der Waals surface area contributed by atoms with Gasteiger partial charge in [0.15, 0.2) is 0 Å². The van der Waals surface area contributed by atoms with Crippen LogP contribution in [-0.4, -0.2) is 18.8 Å². The van der Waals surface area contributed by atoms with Gasteiger partial charge in [-0.3, -0.25) is 11.3 Å². The summed E-state index contributed by atoms with van der Waals surface area (Å²) in [6, 6.07) is 5.20. The number of benzene rings is 1. The molecule has 3 atom stereocenters. The first-order valence-corrected chi connectivity index (χ1v) is 7.46. The first-order valence-electron chi connectivity index (χ1n) is 6.67. The molecule has 3 N–H and O–H groups in total. The average Bonchev–Trinajstić information content (AvgIpc) is 2.86. The number of hydrogen-bond acceptors (Lipinski definition) is 3. The fourth-order valence-electron chi connectivity index (χ4n) is 2.80. The number of hydrogen-bond donors (Lipinski definition) is 2. The lowest BCUT2D eigenvalue weighted by Crippen LogP contribution is -2.45. The van der Waals surface area contributed by atoms with Crippen LogP contribution < -0.4 is 11.3 Å². The summed E-state index contributed by atoms with van der Waals surface area (Å²) in [7, 11) is 0. The lowest BCUT2D eigenvalue weighted by molar-refractivity contribution is 0.0774. The number of ether oxygens (including phenoxy) is 1. The minimum absolute atomic E-state index is 0.0446. The van der Waals surface area contributed by atoms with Gasteiger partial charge in [0, 0.05) is 23.0 Å². The predicted molar refractivity (Wildman–Crippen MR) is 77.1 cm³/mol. The zero-order chi connectivity index (χ0) is 13.8. The van der Waals surface area contributed by atoms with Gasteiger partial charge in [-0.25, -0.2) is 4.39 Å². The van der Waals surface area contributed by atoms with Crippen LogP contribution in [0, 0.1) is 11.7 Å². The van der Waals surface area contributed by atoms with Crippen molar-refractivity contribution in [3.05, 3.63) is 34.1 Å². The van der Waals surface area contributed by atoms with Gasteiger partial charge < -0.3 is 4.74 Å². The highest BCUT2D eigenvalue weighted by molar-refractivity contribution is 9.10. The lowest BCUT2D eigenvalue weighted by atomic mass is 9.87. The summed E-state index contributed by atoms with van der Waals surface area (Å²) < 4.78 is 20.3. The second kappa shape index (κ2) is 6.79. The first-order chi connectivity index (χ1) is 9.15. The van der Waals surface area contributed by atoms with Crippen molar-refractivity contribution in [1.29, 1.82) is 0 Å². The maximum Gasteiger partial charge on any atom is 0.127 e. The van der Waals surface area contributed by atoms with Crippen LogP contribution >= 0.6 is 15.9 Å². The minimum atomic E-state index is -0.193. The molecule has 1 heterocycles. The summed E-state index contributed by atoms with van der Waals surface area (Å²) in [4.78, 5) is 0. The second-order valence-electron chi connectivity index (χ2n) is 4.98. The van der Waals surface area contributed by atoms with E-state index in [2.05, 4.69) is 28.3 Å². The van der Waals surface area contributed by atoms with E-state index in [1.54, 1.807) is 6.07 Å². The van der Waals surface area contributed by atoms with Crippen LogP contribution in [0.15, 0.2) is 22.7 Å². The summed E-state index contributed by atoms with van der Waals surface area (Å²) in [5, 5.41) is 0. The van der Waals surface area contributed by atoms with Crippen LogP contribution in [0.1, 0.15) is 25.3 Å². The maximum absolute atomic E-state index is 13.9. The molecule has 0 aromatic heterocycles. The molecule has 0 bridgehead atoms. The summed E-state index contributed by atoms with van der Waals surface area (Å²) in [5.41, 5.74) is 3.53. The number of hydrazine groups is 1. The van der Waals surface area contributed by atoms with E-state index < -0.39 is 0 Å². The highest BCUT2D eigenvalue weighted by Crippen LogP contribution is 2.28. The van der Waals surface area contributed by atoms with Gasteiger partial charge in [0.1, 0.15) is 5.82 Å². The molecular weight excluding hydrogens is 311 g/mol. The normalized spacial score (nSPS) is 24.6. The molecule has 2 rings (SSSR count). The van der Waals surface area contributed by atoms with Crippen LogP contribution in [0.4, 0.5) is 4.39 Å². The molecule has 1 aliphatic rings. The van der Waals surface area contributed by atoms with Crippen molar-refractivity contribution in [1.82, 2.24) is 5.43 Å². The SMILES string of the molecule is CCC1OCCC1C(Cc1ccc(Br)cc1F)NN. The van der Waals surface area contributed by atoms with Crippen molar-refractivity contribution >= 4 is 15.9 Å². The Morgan fingerprint density at radius 1 is 1.58 bits per heavy atom. The van der Waals surface area contributed by atoms with E-state index in [9.17, 15) is 4.39 Å². The molecule has 0 amide bonds. The molecule has 0 saturated carbocycles. The van der Waals surface area contributed by atoms with Crippen molar-refractivity contribution in [2.75, 3.05) is 6.61 Å². The fourth-order valence-corrected chi connectivity index (χ4v) is 3.14. The second-order valence-corrected chi connectivity index (χ2v) is 5.90. The fraction of sp³-hybridized carbons (Fsp3) is 0.571. The van der Waals surface area contributed by atoms with E-state index in [1.165, 1.54) is 6.07 Å². The Hall–Kier alpha value is -0.490. The molecule has 19 heavy (non-hydrogen) atoms. The Labute approximate surface area is 121 Å². The smallest absolute Gasteiger partial charge is 0.127 e. The topological polar surface area (TPSA) is 47.3 Å². The van der Waals surface area contributed by atoms with Crippen LogP contribution in [0.3, 0.4) is 0 Å². The van der Waals surface area contributed by atoms with Crippen molar-refractivity contribution in [2.45, 2.75) is 38.3 Å². The third-order valence-corrected chi connectivity index (χ3v) is 4.34. The lowest BCUT2D eigenvalue weighted by Gasteiger charge is -2.26. The third kappa shape index (κ3) is 3.54. The van der Waals surface area contributed by atoms with Crippen LogP contribution in [0.5, 0.6) is 0 Å². The highest BCUT2D eigenvalue weighted by Gasteiger charge is 2.33. The molecule has 1 fully saturated rings. The van der Waals surface area contributed by atoms with E-state index in [0.717, 1.165) is 23.9 Å². The van der Waals surface area contributed by atoms with Gasteiger partial charge in [0.05, 0.1) is 6.10 Å². The largest absolute Gasteiger partial charge is 0.378 e. The van der Waals surface area contributed by atoms with Gasteiger partial charge >= 0.3 is 0 Å². The van der Waals surface area contributed by atoms with Crippen LogP contribution in [0.2, 0.25) is 0 Å². The summed E-state index contributed by atoms with van der Waals surface area (Å²) in [6.07, 6.45) is 2.75. The molecule has 5 heteroatoms. The monoisotopic (exact) mass is 330 g/mol. The zero-order valence-corrected chi connectivity index (χ0v) is 12.6. The average molecular weight is 331 g/mol. The Bertz CT molecular complexity index is 430. The Morgan fingerprint density at radius 3 is 3.00 bits per heavy atom. The highest BCUT2D eigenvalue weighted by atomic mass is 79.9. The van der Waals surface area contributed by atoms with E-state index >= 15 is 0 Å². The molecule has 0 spiro atoms. The zero-order valence-electron chi connectivity index (χ0n) is 11.0. The van der Waals surface area contributed by atoms with Gasteiger partial charge in [-0.1, -0.05) is 28.9 Å². The molecule has 3 unspecified atom stereocenters. The molecule has 0 aliphatic carbocycles. The molecule has 1 aliphatic heterocycles. The Balaban J connectivity index is 2.10. The predicted octanol–water partition coefficient (Wildman–Crippen LogP) is 2.78. The standard InChI is InChI=1S/C14H20BrFN2O/c1-2-14-11(5-6-19-14)13(18-17)7-9-3-4-10(15)8-12(9)16/h3-4,8,11,13-14,18H,2,5-7,17H2,1H3. The summed E-state index contributed by atoms with van der Waals surface area (Å²) in [5.74, 6) is 5.81.